The van der Waals surface area contributed by atoms with E-state index in [0.29, 0.717) is 5.69 Å². The highest BCUT2D eigenvalue weighted by molar-refractivity contribution is 7.89. The van der Waals surface area contributed by atoms with Crippen molar-refractivity contribution in [1.82, 2.24) is 9.29 Å². The number of fused-ring (bicyclic) bond motifs is 1. The molecule has 0 aliphatic carbocycles. The molecule has 1 atom stereocenters. The maximum Gasteiger partial charge on any atom is 0.252 e. The van der Waals surface area contributed by atoms with Gasteiger partial charge in [-0.2, -0.15) is 4.31 Å². The summed E-state index contributed by atoms with van der Waals surface area (Å²) >= 11 is 0. The number of H-pyrrole nitrogens is 1. The Kier molecular flexibility index (Phi) is 7.02. The molecule has 4 aromatic rings. The van der Waals surface area contributed by atoms with Crippen LogP contribution in [0.25, 0.3) is 10.9 Å². The lowest BCUT2D eigenvalue weighted by molar-refractivity contribution is -0.122. The molecular formula is C28H25FN4O5S. The molecule has 1 aromatic heterocycles. The number of nitrogens with zero attached hydrogens (tertiary/aromatic N) is 2. The number of halogens is 1. The van der Waals surface area contributed by atoms with E-state index in [1.807, 2.05) is 24.3 Å². The van der Waals surface area contributed by atoms with Crippen molar-refractivity contribution in [3.05, 3.63) is 90.4 Å². The second kappa shape index (κ2) is 10.4. The van der Waals surface area contributed by atoms with Gasteiger partial charge in [-0.15, -0.1) is 0 Å². The van der Waals surface area contributed by atoms with Gasteiger partial charge in [-0.3, -0.25) is 14.4 Å². The summed E-state index contributed by atoms with van der Waals surface area (Å²) in [6, 6.07) is 16.8. The normalized spacial score (nSPS) is 15.9. The molecule has 9 nitrogen and oxygen atoms in total. The molecule has 200 valence electrons. The molecule has 1 saturated heterocycles. The third-order valence-corrected chi connectivity index (χ3v) is 8.54. The number of rotatable bonds is 8. The fourth-order valence-electron chi connectivity index (χ4n) is 4.76. The van der Waals surface area contributed by atoms with Crippen molar-refractivity contribution in [2.24, 2.45) is 0 Å². The molecule has 0 spiro atoms. The Morgan fingerprint density at radius 3 is 2.44 bits per heavy atom. The number of carbonyl (C=O) groups excluding carboxylic acids is 3. The Balaban J connectivity index is 1.49. The Morgan fingerprint density at radius 2 is 1.74 bits per heavy atom. The SMILES string of the molecule is CC(=O)Nc1ccc(S(=O)(=O)N(CCc2c[nH]c3ccccc23)C2CC(=O)N(c3ccc(F)cc3)C2=O)cc1. The van der Waals surface area contributed by atoms with Gasteiger partial charge in [0.05, 0.1) is 17.0 Å². The maximum absolute atomic E-state index is 13.9. The van der Waals surface area contributed by atoms with Gasteiger partial charge in [0, 0.05) is 36.3 Å². The first-order valence-electron chi connectivity index (χ1n) is 12.2. The van der Waals surface area contributed by atoms with Crippen molar-refractivity contribution in [1.29, 1.82) is 0 Å². The lowest BCUT2D eigenvalue weighted by Crippen LogP contribution is -2.46. The van der Waals surface area contributed by atoms with Crippen molar-refractivity contribution < 1.29 is 27.2 Å². The Bertz CT molecular complexity index is 1670. The van der Waals surface area contributed by atoms with Gasteiger partial charge in [0.1, 0.15) is 11.9 Å². The van der Waals surface area contributed by atoms with E-state index in [0.717, 1.165) is 37.8 Å². The molecule has 0 radical (unpaired) electrons. The number of aromatic nitrogens is 1. The standard InChI is InChI=1S/C28H25FN4O5S/c1-18(34)31-21-8-12-23(13-9-21)39(37,38)32(15-14-19-17-30-25-5-3-2-4-24(19)25)26-16-27(35)33(28(26)36)22-10-6-20(29)7-11-22/h2-13,17,26,30H,14-16H2,1H3,(H,31,34). The summed E-state index contributed by atoms with van der Waals surface area (Å²) in [4.78, 5) is 41.8. The average Bonchev–Trinajstić information content (AvgIpc) is 3.45. The van der Waals surface area contributed by atoms with Gasteiger partial charge in [-0.1, -0.05) is 18.2 Å². The zero-order valence-electron chi connectivity index (χ0n) is 20.9. The van der Waals surface area contributed by atoms with Crippen LogP contribution in [0.5, 0.6) is 0 Å². The van der Waals surface area contributed by atoms with Gasteiger partial charge in [0.2, 0.25) is 21.8 Å². The fourth-order valence-corrected chi connectivity index (χ4v) is 6.35. The molecule has 2 heterocycles. The molecule has 0 bridgehead atoms. The summed E-state index contributed by atoms with van der Waals surface area (Å²) < 4.78 is 42.4. The third kappa shape index (κ3) is 5.18. The highest BCUT2D eigenvalue weighted by Crippen LogP contribution is 2.30. The van der Waals surface area contributed by atoms with Crippen LogP contribution in [0.3, 0.4) is 0 Å². The second-order valence-electron chi connectivity index (χ2n) is 9.19. The number of imide groups is 1. The van der Waals surface area contributed by atoms with Crippen LogP contribution in [0.4, 0.5) is 15.8 Å². The summed E-state index contributed by atoms with van der Waals surface area (Å²) in [7, 11) is -4.25. The second-order valence-corrected chi connectivity index (χ2v) is 11.1. The van der Waals surface area contributed by atoms with Gasteiger partial charge in [0.25, 0.3) is 5.91 Å². The average molecular weight is 549 g/mol. The molecule has 1 fully saturated rings. The molecule has 5 rings (SSSR count). The maximum atomic E-state index is 13.9. The minimum absolute atomic E-state index is 0.0709. The number of anilines is 2. The van der Waals surface area contributed by atoms with Crippen LogP contribution >= 0.6 is 0 Å². The summed E-state index contributed by atoms with van der Waals surface area (Å²) in [5, 5.41) is 3.51. The Labute approximate surface area is 224 Å². The van der Waals surface area contributed by atoms with Crippen LogP contribution in [0.2, 0.25) is 0 Å². The lowest BCUT2D eigenvalue weighted by atomic mass is 10.1. The van der Waals surface area contributed by atoms with Gasteiger partial charge < -0.3 is 10.3 Å². The molecule has 1 aliphatic heterocycles. The van der Waals surface area contributed by atoms with Crippen LogP contribution in [-0.4, -0.2) is 48.0 Å². The van der Waals surface area contributed by atoms with E-state index in [9.17, 15) is 27.2 Å². The van der Waals surface area contributed by atoms with Gasteiger partial charge in [-0.25, -0.2) is 17.7 Å². The molecule has 0 saturated carbocycles. The number of nitrogens with one attached hydrogen (secondary N) is 2. The molecule has 2 N–H and O–H groups in total. The van der Waals surface area contributed by atoms with E-state index in [1.54, 1.807) is 6.20 Å². The van der Waals surface area contributed by atoms with E-state index in [1.165, 1.54) is 43.3 Å². The number of benzene rings is 3. The number of hydrogen-bond acceptors (Lipinski definition) is 5. The fraction of sp³-hybridized carbons (Fsp3) is 0.179. The largest absolute Gasteiger partial charge is 0.361 e. The van der Waals surface area contributed by atoms with Gasteiger partial charge >= 0.3 is 0 Å². The summed E-state index contributed by atoms with van der Waals surface area (Å²) in [6.07, 6.45) is 1.72. The van der Waals surface area contributed by atoms with Gasteiger partial charge in [0.15, 0.2) is 0 Å². The molecule has 11 heteroatoms. The van der Waals surface area contributed by atoms with E-state index < -0.39 is 33.7 Å². The lowest BCUT2D eigenvalue weighted by Gasteiger charge is -2.27. The predicted molar refractivity (Wildman–Crippen MR) is 144 cm³/mol. The molecule has 1 unspecified atom stereocenters. The Hall–Kier alpha value is -4.35. The molecule has 39 heavy (non-hydrogen) atoms. The smallest absolute Gasteiger partial charge is 0.252 e. The number of carbonyl (C=O) groups is 3. The van der Waals surface area contributed by atoms with Crippen molar-refractivity contribution in [2.45, 2.75) is 30.7 Å². The monoisotopic (exact) mass is 548 g/mol. The van der Waals surface area contributed by atoms with Crippen molar-refractivity contribution in [3.63, 3.8) is 0 Å². The number of aromatic amines is 1. The van der Waals surface area contributed by atoms with Crippen LogP contribution in [0, 0.1) is 5.82 Å². The van der Waals surface area contributed by atoms with E-state index in [2.05, 4.69) is 10.3 Å². The van der Waals surface area contributed by atoms with Crippen LogP contribution in [-0.2, 0) is 30.8 Å². The van der Waals surface area contributed by atoms with Crippen molar-refractivity contribution in [3.8, 4) is 0 Å². The predicted octanol–water partition coefficient (Wildman–Crippen LogP) is 3.83. The zero-order chi connectivity index (χ0) is 27.7. The van der Waals surface area contributed by atoms with E-state index >= 15 is 0 Å². The summed E-state index contributed by atoms with van der Waals surface area (Å²) in [5.41, 5.74) is 2.34. The summed E-state index contributed by atoms with van der Waals surface area (Å²) in [6.45, 7) is 1.27. The molecule has 3 aromatic carbocycles. The minimum Gasteiger partial charge on any atom is -0.361 e. The highest BCUT2D eigenvalue weighted by Gasteiger charge is 2.46. The first kappa shape index (κ1) is 26.3. The minimum atomic E-state index is -4.25. The first-order valence-corrected chi connectivity index (χ1v) is 13.7. The molecule has 1 aliphatic rings. The van der Waals surface area contributed by atoms with Crippen LogP contribution < -0.4 is 10.2 Å². The highest BCUT2D eigenvalue weighted by atomic mass is 32.2. The van der Waals surface area contributed by atoms with Crippen molar-refractivity contribution >= 4 is 50.0 Å². The van der Waals surface area contributed by atoms with E-state index in [4.69, 9.17) is 0 Å². The number of amides is 3. The van der Waals surface area contributed by atoms with Crippen molar-refractivity contribution in [2.75, 3.05) is 16.8 Å². The molecular weight excluding hydrogens is 523 g/mol. The first-order chi connectivity index (χ1) is 18.6. The van der Waals surface area contributed by atoms with E-state index in [-0.39, 0.29) is 35.9 Å². The van der Waals surface area contributed by atoms with Crippen LogP contribution in [0.15, 0.2) is 83.9 Å². The molecule has 3 amide bonds. The number of hydrogen-bond donors (Lipinski definition) is 2. The third-order valence-electron chi connectivity index (χ3n) is 6.61. The topological polar surface area (TPSA) is 120 Å². The summed E-state index contributed by atoms with van der Waals surface area (Å²) in [5.74, 6) is -2.11. The quantitative estimate of drug-likeness (QED) is 0.325. The Morgan fingerprint density at radius 1 is 1.05 bits per heavy atom. The van der Waals surface area contributed by atoms with Crippen LogP contribution in [0.1, 0.15) is 18.9 Å². The number of para-hydroxylation sites is 1. The zero-order valence-corrected chi connectivity index (χ0v) is 21.7. The number of sulfonamides is 1. The van der Waals surface area contributed by atoms with Gasteiger partial charge in [-0.05, 0) is 66.6 Å².